The molecule has 0 spiro atoms. The Bertz CT molecular complexity index is 1460. The second kappa shape index (κ2) is 13.7. The summed E-state index contributed by atoms with van der Waals surface area (Å²) in [5.41, 5.74) is 4.73. The molecule has 0 bridgehead atoms. The van der Waals surface area contributed by atoms with Crippen LogP contribution in [0.3, 0.4) is 0 Å². The van der Waals surface area contributed by atoms with Gasteiger partial charge in [0.15, 0.2) is 5.78 Å². The van der Waals surface area contributed by atoms with Crippen molar-refractivity contribution in [1.29, 1.82) is 5.26 Å². The number of amides is 1. The number of pyridine rings is 1. The molecule has 0 unspecified atom stereocenters. The topological polar surface area (TPSA) is 89.8 Å². The zero-order valence-electron chi connectivity index (χ0n) is 25.0. The Morgan fingerprint density at radius 2 is 1.60 bits per heavy atom. The average Bonchev–Trinajstić information content (AvgIpc) is 3.08. The van der Waals surface area contributed by atoms with Crippen molar-refractivity contribution in [2.45, 2.75) is 38.3 Å². The Morgan fingerprint density at radius 3 is 2.19 bits per heavy atom. The Balaban J connectivity index is 1.09. The number of carbonyl (C=O) groups is 2. The van der Waals surface area contributed by atoms with E-state index in [4.69, 9.17) is 10.00 Å². The van der Waals surface area contributed by atoms with Crippen molar-refractivity contribution in [3.63, 3.8) is 0 Å². The van der Waals surface area contributed by atoms with E-state index in [0.717, 1.165) is 81.1 Å². The van der Waals surface area contributed by atoms with Crippen LogP contribution in [0.1, 0.15) is 63.2 Å². The van der Waals surface area contributed by atoms with Gasteiger partial charge < -0.3 is 14.5 Å². The largest absolute Gasteiger partial charge is 0.497 e. The number of hydrogen-bond acceptors (Lipinski definition) is 7. The monoisotopic (exact) mass is 577 g/mol. The molecule has 2 aromatic carbocycles. The van der Waals surface area contributed by atoms with Crippen LogP contribution in [0.15, 0.2) is 73.4 Å². The first-order chi connectivity index (χ1) is 20.9. The lowest BCUT2D eigenvalue weighted by atomic mass is 9.88. The molecule has 2 fully saturated rings. The van der Waals surface area contributed by atoms with Crippen LogP contribution in [0, 0.1) is 17.2 Å². The van der Waals surface area contributed by atoms with E-state index in [9.17, 15) is 9.59 Å². The lowest BCUT2D eigenvalue weighted by molar-refractivity contribution is 0.0636. The van der Waals surface area contributed by atoms with E-state index in [1.165, 1.54) is 5.56 Å². The number of carbonyl (C=O) groups excluding carboxylic acids is 2. The molecule has 2 aliphatic rings. The fourth-order valence-corrected chi connectivity index (χ4v) is 6.03. The number of ether oxygens (including phenoxy) is 1. The van der Waals surface area contributed by atoms with Crippen LogP contribution in [0.2, 0.25) is 0 Å². The number of aromatic nitrogens is 1. The van der Waals surface area contributed by atoms with Crippen LogP contribution >= 0.6 is 0 Å². The highest BCUT2D eigenvalue weighted by molar-refractivity contribution is 5.98. The third kappa shape index (κ3) is 7.12. The maximum Gasteiger partial charge on any atom is 0.255 e. The van der Waals surface area contributed by atoms with Gasteiger partial charge in [0.25, 0.3) is 5.91 Å². The summed E-state index contributed by atoms with van der Waals surface area (Å²) in [6.07, 6.45) is 5.00. The van der Waals surface area contributed by atoms with E-state index < -0.39 is 0 Å². The number of ketones is 1. The van der Waals surface area contributed by atoms with Gasteiger partial charge in [-0.3, -0.25) is 19.5 Å². The van der Waals surface area contributed by atoms with Gasteiger partial charge in [0.05, 0.1) is 35.7 Å². The second-order valence-corrected chi connectivity index (χ2v) is 11.5. The number of Topliss-reactive ketones (excluding diaryl/α,β-unsaturated/α-hetero) is 1. The van der Waals surface area contributed by atoms with E-state index in [-0.39, 0.29) is 23.7 Å². The molecule has 3 aromatic rings. The van der Waals surface area contributed by atoms with Crippen LogP contribution in [-0.2, 0) is 6.54 Å². The number of nitrogens with zero attached hydrogens (tertiary/aromatic N) is 5. The molecule has 0 saturated carbocycles. The molecule has 3 heterocycles. The van der Waals surface area contributed by atoms with Gasteiger partial charge in [-0.15, -0.1) is 0 Å². The van der Waals surface area contributed by atoms with Crippen LogP contribution in [0.5, 0.6) is 5.75 Å². The molecule has 222 valence electrons. The highest BCUT2D eigenvalue weighted by Gasteiger charge is 2.28. The van der Waals surface area contributed by atoms with Crippen molar-refractivity contribution < 1.29 is 14.3 Å². The van der Waals surface area contributed by atoms with Crippen LogP contribution in [-0.4, -0.2) is 77.8 Å². The fourth-order valence-electron chi connectivity index (χ4n) is 6.03. The highest BCUT2D eigenvalue weighted by atomic mass is 16.5. The summed E-state index contributed by atoms with van der Waals surface area (Å²) >= 11 is 0. The number of benzene rings is 2. The van der Waals surface area contributed by atoms with Gasteiger partial charge in [0.1, 0.15) is 5.75 Å². The van der Waals surface area contributed by atoms with Crippen LogP contribution < -0.4 is 4.74 Å². The highest BCUT2D eigenvalue weighted by Crippen LogP contribution is 2.27. The zero-order valence-corrected chi connectivity index (χ0v) is 25.0. The van der Waals surface area contributed by atoms with Gasteiger partial charge in [-0.1, -0.05) is 18.7 Å². The summed E-state index contributed by atoms with van der Waals surface area (Å²) in [5, 5.41) is 9.00. The smallest absolute Gasteiger partial charge is 0.255 e. The number of likely N-dealkylation sites (tertiary alicyclic amines) is 2. The van der Waals surface area contributed by atoms with E-state index in [1.54, 1.807) is 13.3 Å². The number of rotatable bonds is 9. The summed E-state index contributed by atoms with van der Waals surface area (Å²) in [6, 6.07) is 21.1. The SMILES string of the molecule is C=C(c1ccc(C(=O)N(C)C2CCN(Cc3ccc(C#N)cc3)CC2)cn1)N1CCC(C(=O)c2ccc(OC)cc2)CC1. The van der Waals surface area contributed by atoms with E-state index >= 15 is 0 Å². The normalized spacial score (nSPS) is 16.3. The molecule has 8 heteroatoms. The first kappa shape index (κ1) is 30.0. The molecule has 5 rings (SSSR count). The summed E-state index contributed by atoms with van der Waals surface area (Å²) in [5.74, 6) is 0.888. The number of nitriles is 1. The van der Waals surface area contributed by atoms with Gasteiger partial charge >= 0.3 is 0 Å². The Morgan fingerprint density at radius 1 is 0.953 bits per heavy atom. The van der Waals surface area contributed by atoms with Crippen molar-refractivity contribution in [3.05, 3.63) is 101 Å². The summed E-state index contributed by atoms with van der Waals surface area (Å²) in [7, 11) is 3.50. The quantitative estimate of drug-likeness (QED) is 0.320. The van der Waals surface area contributed by atoms with Crippen molar-refractivity contribution in [2.75, 3.05) is 40.3 Å². The van der Waals surface area contributed by atoms with Crippen molar-refractivity contribution in [2.24, 2.45) is 5.92 Å². The Labute approximate surface area is 254 Å². The molecule has 0 atom stereocenters. The van der Waals surface area contributed by atoms with E-state index in [0.29, 0.717) is 11.1 Å². The van der Waals surface area contributed by atoms with E-state index in [1.807, 2.05) is 72.6 Å². The second-order valence-electron chi connectivity index (χ2n) is 11.5. The van der Waals surface area contributed by atoms with Gasteiger partial charge in [-0.05, 0) is 79.8 Å². The van der Waals surface area contributed by atoms with Crippen LogP contribution in [0.4, 0.5) is 0 Å². The predicted octanol–water partition coefficient (Wildman–Crippen LogP) is 5.26. The zero-order chi connectivity index (χ0) is 30.3. The summed E-state index contributed by atoms with van der Waals surface area (Å²) < 4.78 is 5.20. The minimum absolute atomic E-state index is 0.0104. The Hall–Kier alpha value is -4.48. The lowest BCUT2D eigenvalue weighted by Gasteiger charge is -2.37. The number of hydrogen-bond donors (Lipinski definition) is 0. The molecule has 1 amide bonds. The fraction of sp³-hybridized carbons (Fsp3) is 0.371. The summed E-state index contributed by atoms with van der Waals surface area (Å²) in [6.45, 7) is 8.43. The van der Waals surface area contributed by atoms with Gasteiger partial charge in [0, 0.05) is 63.5 Å². The molecule has 43 heavy (non-hydrogen) atoms. The lowest BCUT2D eigenvalue weighted by Crippen LogP contribution is -2.45. The molecule has 2 aliphatic heterocycles. The predicted molar refractivity (Wildman–Crippen MR) is 166 cm³/mol. The molecular formula is C35H39N5O3. The molecule has 0 radical (unpaired) electrons. The standard InChI is InChI=1S/C35H39N5O3/c1-25(40-20-14-29(15-21-40)34(41)28-8-11-32(43-3)12-9-28)33-13-10-30(23-37-33)35(42)38(2)31-16-18-39(19-17-31)24-27-6-4-26(22-36)5-7-27/h4-13,23,29,31H,1,14-21,24H2,2-3H3. The van der Waals surface area contributed by atoms with Crippen molar-refractivity contribution in [1.82, 2.24) is 19.7 Å². The maximum absolute atomic E-state index is 13.3. The van der Waals surface area contributed by atoms with Crippen molar-refractivity contribution >= 4 is 17.4 Å². The first-order valence-corrected chi connectivity index (χ1v) is 14.9. The third-order valence-corrected chi connectivity index (χ3v) is 8.84. The van der Waals surface area contributed by atoms with Crippen LogP contribution in [0.25, 0.3) is 5.70 Å². The van der Waals surface area contributed by atoms with Gasteiger partial charge in [-0.2, -0.15) is 5.26 Å². The Kier molecular flexibility index (Phi) is 9.53. The molecule has 0 aliphatic carbocycles. The third-order valence-electron chi connectivity index (χ3n) is 8.84. The first-order valence-electron chi connectivity index (χ1n) is 14.9. The van der Waals surface area contributed by atoms with Gasteiger partial charge in [-0.25, -0.2) is 0 Å². The molecule has 0 N–H and O–H groups in total. The molecule has 1 aromatic heterocycles. The molecule has 8 nitrogen and oxygen atoms in total. The average molecular weight is 578 g/mol. The number of methoxy groups -OCH3 is 1. The minimum atomic E-state index is -0.0203. The maximum atomic E-state index is 13.3. The number of piperidine rings is 2. The minimum Gasteiger partial charge on any atom is -0.497 e. The summed E-state index contributed by atoms with van der Waals surface area (Å²) in [4.78, 5) is 37.3. The van der Waals surface area contributed by atoms with Gasteiger partial charge in [0.2, 0.25) is 0 Å². The molecular weight excluding hydrogens is 538 g/mol. The van der Waals surface area contributed by atoms with Crippen molar-refractivity contribution in [3.8, 4) is 11.8 Å². The van der Waals surface area contributed by atoms with E-state index in [2.05, 4.69) is 27.4 Å². The molecule has 2 saturated heterocycles.